The van der Waals surface area contributed by atoms with Gasteiger partial charge in [-0.25, -0.2) is 0 Å². The number of nitrogens with one attached hydrogen (secondary N) is 2. The predicted octanol–water partition coefficient (Wildman–Crippen LogP) is 3.79. The molecule has 2 aromatic carbocycles. The van der Waals surface area contributed by atoms with Gasteiger partial charge in [0, 0.05) is 23.6 Å². The second kappa shape index (κ2) is 6.87. The topological polar surface area (TPSA) is 45.1 Å². The van der Waals surface area contributed by atoms with E-state index in [0.717, 1.165) is 22.3 Å². The predicted molar refractivity (Wildman–Crippen MR) is 91.9 cm³/mol. The molecule has 2 N–H and O–H groups in total. The maximum Gasteiger partial charge on any atom is 0.124 e. The lowest BCUT2D eigenvalue weighted by molar-refractivity contribution is 0.638. The molecule has 0 bridgehead atoms. The molecule has 0 heterocycles. The van der Waals surface area contributed by atoms with Crippen LogP contribution in [0.25, 0.3) is 0 Å². The van der Waals surface area contributed by atoms with Gasteiger partial charge in [0.15, 0.2) is 0 Å². The molecular weight excluding hydrogens is 370 g/mol. The number of hydrogen-bond donors (Lipinski definition) is 2. The second-order valence-electron chi connectivity index (χ2n) is 3.84. The summed E-state index contributed by atoms with van der Waals surface area (Å²) >= 11 is 2.00. The van der Waals surface area contributed by atoms with E-state index in [2.05, 4.69) is 5.32 Å². The molecule has 0 amide bonds. The van der Waals surface area contributed by atoms with Crippen LogP contribution in [0.4, 0.5) is 5.69 Å². The molecule has 0 saturated carbocycles. The Bertz CT molecular complexity index is 575. The quantitative estimate of drug-likeness (QED) is 0.468. The summed E-state index contributed by atoms with van der Waals surface area (Å²) in [6.07, 6.45) is 0. The number of halogens is 1. The zero-order chi connectivity index (χ0) is 13.7. The smallest absolute Gasteiger partial charge is 0.124 e. The first kappa shape index (κ1) is 14.3. The summed E-state index contributed by atoms with van der Waals surface area (Å²) < 4.78 is 6.28. The summed E-state index contributed by atoms with van der Waals surface area (Å²) in [7, 11) is 2.13. The van der Waals surface area contributed by atoms with Crippen LogP contribution in [-0.4, -0.2) is 10.8 Å². The molecule has 0 aromatic heterocycles. The first-order chi connectivity index (χ1) is 9.20. The number of anilines is 1. The Morgan fingerprint density at radius 1 is 1.21 bits per heavy atom. The van der Waals surface area contributed by atoms with Crippen LogP contribution in [-0.2, 0) is 0 Å². The van der Waals surface area contributed by atoms with Crippen molar-refractivity contribution in [3.8, 4) is 5.75 Å². The van der Waals surface area contributed by atoms with Crippen LogP contribution >= 0.6 is 31.4 Å². The normalized spacial score (nSPS) is 10.6. The van der Waals surface area contributed by atoms with Crippen molar-refractivity contribution in [3.05, 3.63) is 54.1 Å². The van der Waals surface area contributed by atoms with Crippen LogP contribution < -0.4 is 15.1 Å². The lowest BCUT2D eigenvalue weighted by Gasteiger charge is -2.11. The fourth-order valence-corrected chi connectivity index (χ4v) is 2.75. The van der Waals surface area contributed by atoms with Gasteiger partial charge in [-0.15, -0.1) is 0 Å². The van der Waals surface area contributed by atoms with Crippen molar-refractivity contribution in [3.63, 3.8) is 0 Å². The SMILES string of the molecule is CNc1ccc(OPc2ccccc2)cc1C(=N)I. The lowest BCUT2D eigenvalue weighted by Crippen LogP contribution is -1.99. The Labute approximate surface area is 128 Å². The molecule has 0 saturated heterocycles. The van der Waals surface area contributed by atoms with Crippen LogP contribution in [0.15, 0.2) is 48.5 Å². The lowest BCUT2D eigenvalue weighted by atomic mass is 10.2. The summed E-state index contributed by atoms with van der Waals surface area (Å²) in [6.45, 7) is 0. The van der Waals surface area contributed by atoms with Crippen molar-refractivity contribution < 1.29 is 4.52 Å². The number of rotatable bonds is 5. The van der Waals surface area contributed by atoms with Gasteiger partial charge in [-0.1, -0.05) is 30.3 Å². The minimum Gasteiger partial charge on any atom is -0.472 e. The molecule has 0 aliphatic rings. The first-order valence-electron chi connectivity index (χ1n) is 5.75. The highest BCUT2D eigenvalue weighted by molar-refractivity contribution is 14.1. The van der Waals surface area contributed by atoms with Crippen molar-refractivity contribution in [1.29, 1.82) is 5.41 Å². The molecule has 1 unspecified atom stereocenters. The Balaban J connectivity index is 2.13. The standard InChI is InChI=1S/C14H14IN2OP/c1-17-13-8-7-10(9-12(13)14(15)16)18-19-11-5-3-2-4-6-11/h2-9,16-17,19H,1H3. The largest absolute Gasteiger partial charge is 0.472 e. The van der Waals surface area contributed by atoms with Crippen molar-refractivity contribution in [2.75, 3.05) is 12.4 Å². The van der Waals surface area contributed by atoms with Gasteiger partial charge in [0.05, 0.1) is 0 Å². The van der Waals surface area contributed by atoms with Gasteiger partial charge in [-0.05, 0) is 40.8 Å². The third-order valence-electron chi connectivity index (χ3n) is 2.56. The molecular formula is C14H14IN2OP. The molecule has 0 fully saturated rings. The zero-order valence-electron chi connectivity index (χ0n) is 10.4. The molecule has 2 aromatic rings. The molecule has 3 nitrogen and oxygen atoms in total. The molecule has 0 aliphatic carbocycles. The van der Waals surface area contributed by atoms with Crippen LogP contribution in [0, 0.1) is 5.41 Å². The monoisotopic (exact) mass is 384 g/mol. The van der Waals surface area contributed by atoms with Crippen LogP contribution in [0.5, 0.6) is 5.75 Å². The van der Waals surface area contributed by atoms with Gasteiger partial charge < -0.3 is 9.84 Å². The molecule has 2 rings (SSSR count). The molecule has 5 heteroatoms. The van der Waals surface area contributed by atoms with E-state index in [-0.39, 0.29) is 8.81 Å². The summed E-state index contributed by atoms with van der Waals surface area (Å²) in [5.41, 5.74) is 1.80. The molecule has 0 spiro atoms. The summed E-state index contributed by atoms with van der Waals surface area (Å²) in [6, 6.07) is 15.8. The first-order valence-corrected chi connectivity index (χ1v) is 7.73. The average molecular weight is 384 g/mol. The van der Waals surface area contributed by atoms with Gasteiger partial charge in [-0.3, -0.25) is 5.41 Å². The Morgan fingerprint density at radius 2 is 1.95 bits per heavy atom. The fraction of sp³-hybridized carbons (Fsp3) is 0.0714. The summed E-state index contributed by atoms with van der Waals surface area (Å²) in [4.78, 5) is 0. The highest BCUT2D eigenvalue weighted by atomic mass is 127. The van der Waals surface area contributed by atoms with Crippen molar-refractivity contribution in [2.45, 2.75) is 0 Å². The van der Waals surface area contributed by atoms with Gasteiger partial charge in [0.1, 0.15) is 18.3 Å². The maximum atomic E-state index is 7.77. The van der Waals surface area contributed by atoms with Crippen molar-refractivity contribution in [2.24, 2.45) is 0 Å². The third kappa shape index (κ3) is 3.91. The summed E-state index contributed by atoms with van der Waals surface area (Å²) in [5.74, 6) is 0.789. The zero-order valence-corrected chi connectivity index (χ0v) is 13.6. The molecule has 0 aliphatic heterocycles. The van der Waals surface area contributed by atoms with Crippen molar-refractivity contribution in [1.82, 2.24) is 0 Å². The van der Waals surface area contributed by atoms with E-state index in [0.29, 0.717) is 3.72 Å². The Morgan fingerprint density at radius 3 is 2.58 bits per heavy atom. The van der Waals surface area contributed by atoms with E-state index < -0.39 is 0 Å². The highest BCUT2D eigenvalue weighted by Crippen LogP contribution is 2.27. The van der Waals surface area contributed by atoms with E-state index >= 15 is 0 Å². The van der Waals surface area contributed by atoms with Crippen LogP contribution in [0.3, 0.4) is 0 Å². The van der Waals surface area contributed by atoms with Gasteiger partial charge in [0.25, 0.3) is 0 Å². The highest BCUT2D eigenvalue weighted by Gasteiger charge is 2.06. The van der Waals surface area contributed by atoms with E-state index in [9.17, 15) is 0 Å². The molecule has 1 atom stereocenters. The van der Waals surface area contributed by atoms with Crippen LogP contribution in [0.2, 0.25) is 0 Å². The molecule has 19 heavy (non-hydrogen) atoms. The van der Waals surface area contributed by atoms with Crippen molar-refractivity contribution >= 4 is 46.1 Å². The molecule has 0 radical (unpaired) electrons. The fourth-order valence-electron chi connectivity index (χ4n) is 1.61. The maximum absolute atomic E-state index is 7.77. The number of benzene rings is 2. The summed E-state index contributed by atoms with van der Waals surface area (Å²) in [5, 5.41) is 12.0. The van der Waals surface area contributed by atoms with Gasteiger partial charge >= 0.3 is 0 Å². The van der Waals surface area contributed by atoms with E-state index in [4.69, 9.17) is 9.93 Å². The number of hydrogen-bond acceptors (Lipinski definition) is 3. The van der Waals surface area contributed by atoms with E-state index in [1.54, 1.807) is 0 Å². The van der Waals surface area contributed by atoms with E-state index in [1.165, 1.54) is 0 Å². The van der Waals surface area contributed by atoms with Gasteiger partial charge in [0.2, 0.25) is 0 Å². The minimum absolute atomic E-state index is 0.276. The average Bonchev–Trinajstić information content (AvgIpc) is 2.46. The Kier molecular flexibility index (Phi) is 5.16. The minimum atomic E-state index is 0.276. The second-order valence-corrected chi connectivity index (χ2v) is 5.91. The van der Waals surface area contributed by atoms with E-state index in [1.807, 2.05) is 78.2 Å². The van der Waals surface area contributed by atoms with Gasteiger partial charge in [-0.2, -0.15) is 0 Å². The third-order valence-corrected chi connectivity index (χ3v) is 4.05. The molecule has 98 valence electrons. The Hall–Kier alpha value is -1.13. The van der Waals surface area contributed by atoms with Crippen LogP contribution in [0.1, 0.15) is 5.56 Å².